The second-order valence-corrected chi connectivity index (χ2v) is 5.80. The minimum atomic E-state index is 0.165. The lowest BCUT2D eigenvalue weighted by Gasteiger charge is -2.14. The predicted octanol–water partition coefficient (Wildman–Crippen LogP) is 4.09. The van der Waals surface area contributed by atoms with Crippen molar-refractivity contribution >= 4 is 6.29 Å². The lowest BCUT2D eigenvalue weighted by molar-refractivity contribution is 0.111. The molecule has 0 saturated carbocycles. The van der Waals surface area contributed by atoms with Crippen LogP contribution in [0.1, 0.15) is 35.3 Å². The van der Waals surface area contributed by atoms with Gasteiger partial charge in [0.2, 0.25) is 0 Å². The van der Waals surface area contributed by atoms with E-state index in [1.54, 1.807) is 14.2 Å². The fourth-order valence-electron chi connectivity index (χ4n) is 2.62. The first-order valence-electron chi connectivity index (χ1n) is 8.03. The summed E-state index contributed by atoms with van der Waals surface area (Å²) in [6, 6.07) is 11.8. The van der Waals surface area contributed by atoms with Gasteiger partial charge in [-0.3, -0.25) is 4.79 Å². The Labute approximate surface area is 143 Å². The number of carbonyl (C=O) groups excluding carboxylic acids is 1. The van der Waals surface area contributed by atoms with E-state index in [9.17, 15) is 4.79 Å². The Morgan fingerprint density at radius 3 is 2.21 bits per heavy atom. The van der Waals surface area contributed by atoms with E-state index in [0.29, 0.717) is 17.1 Å². The summed E-state index contributed by atoms with van der Waals surface area (Å²) in [6.45, 7) is 4.01. The molecule has 0 amide bonds. The predicted molar refractivity (Wildman–Crippen MR) is 94.5 cm³/mol. The van der Waals surface area contributed by atoms with Crippen molar-refractivity contribution in [3.63, 3.8) is 0 Å². The molecule has 2 aromatic carbocycles. The quantitative estimate of drug-likeness (QED) is 0.685. The lowest BCUT2D eigenvalue weighted by atomic mass is 9.99. The van der Waals surface area contributed by atoms with Gasteiger partial charge >= 0.3 is 0 Å². The first-order valence-corrected chi connectivity index (χ1v) is 8.03. The molecule has 0 spiro atoms. The molecule has 2 aromatic rings. The Morgan fingerprint density at radius 1 is 0.958 bits per heavy atom. The van der Waals surface area contributed by atoms with Crippen LogP contribution in [-0.4, -0.2) is 26.6 Å². The van der Waals surface area contributed by atoms with Gasteiger partial charge in [0.1, 0.15) is 5.75 Å². The Bertz CT molecular complexity index is 675. The van der Waals surface area contributed by atoms with Crippen LogP contribution >= 0.6 is 0 Å². The monoisotopic (exact) mass is 328 g/mol. The number of methoxy groups -OCH3 is 2. The molecule has 4 heteroatoms. The van der Waals surface area contributed by atoms with E-state index in [1.165, 1.54) is 5.56 Å². The molecule has 0 aliphatic heterocycles. The Morgan fingerprint density at radius 2 is 1.67 bits per heavy atom. The number of ether oxygens (including phenoxy) is 3. The fourth-order valence-corrected chi connectivity index (χ4v) is 2.62. The first-order chi connectivity index (χ1) is 11.6. The first kappa shape index (κ1) is 17.9. The summed E-state index contributed by atoms with van der Waals surface area (Å²) in [5.74, 6) is 1.93. The number of benzene rings is 2. The van der Waals surface area contributed by atoms with Crippen LogP contribution in [0.25, 0.3) is 0 Å². The van der Waals surface area contributed by atoms with Crippen LogP contribution in [0.5, 0.6) is 17.2 Å². The van der Waals surface area contributed by atoms with Gasteiger partial charge in [-0.15, -0.1) is 0 Å². The topological polar surface area (TPSA) is 44.8 Å². The second-order valence-electron chi connectivity index (χ2n) is 5.80. The molecule has 0 unspecified atom stereocenters. The highest BCUT2D eigenvalue weighted by atomic mass is 16.5. The molecule has 0 fully saturated rings. The van der Waals surface area contributed by atoms with Crippen molar-refractivity contribution in [3.05, 3.63) is 53.1 Å². The maximum atomic E-state index is 11.5. The molecule has 24 heavy (non-hydrogen) atoms. The molecular formula is C20H24O4. The number of carbonyl (C=O) groups is 1. The second kappa shape index (κ2) is 8.39. The zero-order valence-electron chi connectivity index (χ0n) is 14.7. The molecule has 0 saturated heterocycles. The van der Waals surface area contributed by atoms with Gasteiger partial charge in [0.15, 0.2) is 17.8 Å². The highest BCUT2D eigenvalue weighted by Crippen LogP contribution is 2.32. The van der Waals surface area contributed by atoms with E-state index >= 15 is 0 Å². The zero-order valence-corrected chi connectivity index (χ0v) is 14.7. The minimum absolute atomic E-state index is 0.165. The molecule has 128 valence electrons. The van der Waals surface area contributed by atoms with Gasteiger partial charge in [-0.1, -0.05) is 18.2 Å². The van der Waals surface area contributed by atoms with Crippen LogP contribution in [0, 0.1) is 0 Å². The van der Waals surface area contributed by atoms with Crippen molar-refractivity contribution in [3.8, 4) is 17.2 Å². The smallest absolute Gasteiger partial charge is 0.171 e. The molecule has 4 nitrogen and oxygen atoms in total. The number of hydrogen-bond donors (Lipinski definition) is 0. The zero-order chi connectivity index (χ0) is 17.5. The molecule has 0 aliphatic rings. The van der Waals surface area contributed by atoms with Gasteiger partial charge in [0.25, 0.3) is 0 Å². The van der Waals surface area contributed by atoms with Crippen LogP contribution in [0.15, 0.2) is 36.4 Å². The van der Waals surface area contributed by atoms with E-state index < -0.39 is 0 Å². The molecule has 0 aromatic heterocycles. The Hall–Kier alpha value is -2.49. The summed E-state index contributed by atoms with van der Waals surface area (Å²) in [7, 11) is 3.11. The van der Waals surface area contributed by atoms with Gasteiger partial charge in [-0.25, -0.2) is 0 Å². The average molecular weight is 328 g/mol. The highest BCUT2D eigenvalue weighted by Gasteiger charge is 2.14. The minimum Gasteiger partial charge on any atom is -0.493 e. The third kappa shape index (κ3) is 4.28. The maximum absolute atomic E-state index is 11.5. The molecular weight excluding hydrogens is 304 g/mol. The third-order valence-corrected chi connectivity index (χ3v) is 3.77. The standard InChI is InChI=1S/C20H24O4/c1-14(2)24-17-10-6-15(7-11-17)5-8-16-9-12-19(22-3)20(23-4)18(16)13-21/h6-7,9-14H,5,8H2,1-4H3. The molecule has 2 rings (SSSR count). The molecule has 0 radical (unpaired) electrons. The van der Waals surface area contributed by atoms with E-state index in [-0.39, 0.29) is 6.10 Å². The third-order valence-electron chi connectivity index (χ3n) is 3.77. The summed E-state index contributed by atoms with van der Waals surface area (Å²) < 4.78 is 16.2. The van der Waals surface area contributed by atoms with E-state index in [2.05, 4.69) is 12.1 Å². The van der Waals surface area contributed by atoms with Crippen LogP contribution in [0.4, 0.5) is 0 Å². The molecule has 0 aliphatic carbocycles. The van der Waals surface area contributed by atoms with E-state index in [4.69, 9.17) is 14.2 Å². The van der Waals surface area contributed by atoms with Gasteiger partial charge in [0.05, 0.1) is 25.9 Å². The van der Waals surface area contributed by atoms with Crippen molar-refractivity contribution in [1.82, 2.24) is 0 Å². The van der Waals surface area contributed by atoms with Crippen LogP contribution in [0.3, 0.4) is 0 Å². The number of hydrogen-bond acceptors (Lipinski definition) is 4. The maximum Gasteiger partial charge on any atom is 0.171 e. The number of aldehydes is 1. The summed E-state index contributed by atoms with van der Waals surface area (Å²) in [6.07, 6.45) is 2.57. The van der Waals surface area contributed by atoms with E-state index in [0.717, 1.165) is 30.4 Å². The summed E-state index contributed by atoms with van der Waals surface area (Å²) >= 11 is 0. The fraction of sp³-hybridized carbons (Fsp3) is 0.350. The average Bonchev–Trinajstić information content (AvgIpc) is 2.59. The summed E-state index contributed by atoms with van der Waals surface area (Å²) in [5.41, 5.74) is 2.69. The highest BCUT2D eigenvalue weighted by molar-refractivity contribution is 5.83. The van der Waals surface area contributed by atoms with Gasteiger partial charge in [-0.05, 0) is 56.0 Å². The van der Waals surface area contributed by atoms with E-state index in [1.807, 2.05) is 38.1 Å². The summed E-state index contributed by atoms with van der Waals surface area (Å²) in [4.78, 5) is 11.5. The number of aryl methyl sites for hydroxylation is 2. The summed E-state index contributed by atoms with van der Waals surface area (Å²) in [5, 5.41) is 0. The number of rotatable bonds is 8. The van der Waals surface area contributed by atoms with Crippen molar-refractivity contribution in [2.75, 3.05) is 14.2 Å². The normalized spacial score (nSPS) is 10.5. The Balaban J connectivity index is 2.13. The van der Waals surface area contributed by atoms with Gasteiger partial charge in [-0.2, -0.15) is 0 Å². The molecule has 0 atom stereocenters. The van der Waals surface area contributed by atoms with Crippen LogP contribution < -0.4 is 14.2 Å². The SMILES string of the molecule is COc1ccc(CCc2ccc(OC(C)C)cc2)c(C=O)c1OC. The molecule has 0 heterocycles. The van der Waals surface area contributed by atoms with Crippen molar-refractivity contribution in [2.45, 2.75) is 32.8 Å². The van der Waals surface area contributed by atoms with Gasteiger partial charge < -0.3 is 14.2 Å². The van der Waals surface area contributed by atoms with Crippen molar-refractivity contribution in [1.29, 1.82) is 0 Å². The van der Waals surface area contributed by atoms with Crippen LogP contribution in [-0.2, 0) is 12.8 Å². The van der Waals surface area contributed by atoms with Crippen molar-refractivity contribution in [2.24, 2.45) is 0 Å². The van der Waals surface area contributed by atoms with Gasteiger partial charge in [0, 0.05) is 0 Å². The Kier molecular flexibility index (Phi) is 6.24. The molecule has 0 N–H and O–H groups in total. The molecule has 0 bridgehead atoms. The largest absolute Gasteiger partial charge is 0.493 e. The lowest BCUT2D eigenvalue weighted by Crippen LogP contribution is -2.05. The van der Waals surface area contributed by atoms with Crippen LogP contribution in [0.2, 0.25) is 0 Å². The van der Waals surface area contributed by atoms with Crippen molar-refractivity contribution < 1.29 is 19.0 Å².